The number of aryl methyl sites for hydroxylation is 2. The van der Waals surface area contributed by atoms with Crippen molar-refractivity contribution in [2.75, 3.05) is 12.3 Å². The molecule has 4 rings (SSSR count). The van der Waals surface area contributed by atoms with Gasteiger partial charge in [-0.3, -0.25) is 4.68 Å². The quantitative estimate of drug-likeness (QED) is 0.681. The van der Waals surface area contributed by atoms with Gasteiger partial charge >= 0.3 is 0 Å². The number of hydrogen-bond donors (Lipinski definition) is 0. The van der Waals surface area contributed by atoms with Gasteiger partial charge in [0.15, 0.2) is 5.69 Å². The molecule has 0 unspecified atom stereocenters. The highest BCUT2D eigenvalue weighted by atomic mass is 32.2. The number of fused-ring (bicyclic) bond motifs is 1. The molecular formula is C18H21N5O3S. The van der Waals surface area contributed by atoms with Crippen molar-refractivity contribution in [3.8, 4) is 23.0 Å². The van der Waals surface area contributed by atoms with E-state index in [2.05, 4.69) is 15.3 Å². The average molecular weight is 387 g/mol. The summed E-state index contributed by atoms with van der Waals surface area (Å²) < 4.78 is 33.7. The predicted molar refractivity (Wildman–Crippen MR) is 100 cm³/mol. The number of rotatable bonds is 4. The molecule has 0 atom stereocenters. The number of nitrogens with zero attached hydrogens (tertiary/aromatic N) is 5. The summed E-state index contributed by atoms with van der Waals surface area (Å²) in [5.74, 6) is 0.798. The van der Waals surface area contributed by atoms with Crippen molar-refractivity contribution in [3.63, 3.8) is 0 Å². The number of benzene rings is 1. The van der Waals surface area contributed by atoms with Crippen molar-refractivity contribution >= 4 is 10.0 Å². The van der Waals surface area contributed by atoms with E-state index in [4.69, 9.17) is 4.42 Å². The molecule has 0 aliphatic carbocycles. The summed E-state index contributed by atoms with van der Waals surface area (Å²) in [7, 11) is -1.42. The van der Waals surface area contributed by atoms with E-state index in [1.807, 2.05) is 38.2 Å². The van der Waals surface area contributed by atoms with E-state index in [9.17, 15) is 8.42 Å². The van der Waals surface area contributed by atoms with E-state index in [1.165, 1.54) is 4.31 Å². The number of aromatic nitrogens is 4. The zero-order valence-corrected chi connectivity index (χ0v) is 16.3. The summed E-state index contributed by atoms with van der Waals surface area (Å²) in [6.45, 7) is 4.40. The van der Waals surface area contributed by atoms with Gasteiger partial charge in [-0.25, -0.2) is 8.42 Å². The third-order valence-corrected chi connectivity index (χ3v) is 6.72. The lowest BCUT2D eigenvalue weighted by Gasteiger charge is -2.26. The molecule has 1 aliphatic heterocycles. The first kappa shape index (κ1) is 17.9. The first-order chi connectivity index (χ1) is 12.9. The van der Waals surface area contributed by atoms with E-state index < -0.39 is 10.0 Å². The Kier molecular flexibility index (Phi) is 4.35. The second-order valence-electron chi connectivity index (χ2n) is 6.66. The lowest BCUT2D eigenvalue weighted by molar-refractivity contribution is 0.386. The van der Waals surface area contributed by atoms with Crippen molar-refractivity contribution in [3.05, 3.63) is 41.1 Å². The molecule has 0 radical (unpaired) electrons. The second kappa shape index (κ2) is 6.58. The van der Waals surface area contributed by atoms with Crippen LogP contribution < -0.4 is 0 Å². The highest BCUT2D eigenvalue weighted by molar-refractivity contribution is 7.89. The minimum atomic E-state index is -3.27. The lowest BCUT2D eigenvalue weighted by atomic mass is 10.1. The Bertz CT molecular complexity index is 1080. The maximum Gasteiger partial charge on any atom is 0.268 e. The van der Waals surface area contributed by atoms with E-state index >= 15 is 0 Å². The molecule has 0 saturated heterocycles. The topological polar surface area (TPSA) is 94.1 Å². The van der Waals surface area contributed by atoms with Crippen LogP contribution in [-0.2, 0) is 30.0 Å². The van der Waals surface area contributed by atoms with Crippen molar-refractivity contribution in [1.82, 2.24) is 24.3 Å². The van der Waals surface area contributed by atoms with Crippen LogP contribution in [0.25, 0.3) is 23.0 Å². The van der Waals surface area contributed by atoms with Gasteiger partial charge in [0.25, 0.3) is 5.89 Å². The van der Waals surface area contributed by atoms with Crippen molar-refractivity contribution < 1.29 is 12.8 Å². The van der Waals surface area contributed by atoms with E-state index in [-0.39, 0.29) is 12.3 Å². The molecule has 0 N–H and O–H groups in total. The predicted octanol–water partition coefficient (Wildman–Crippen LogP) is 2.15. The highest BCUT2D eigenvalue weighted by Gasteiger charge is 2.31. The van der Waals surface area contributed by atoms with E-state index in [0.29, 0.717) is 30.4 Å². The van der Waals surface area contributed by atoms with Crippen LogP contribution in [0.5, 0.6) is 0 Å². The normalized spacial score (nSPS) is 15.1. The van der Waals surface area contributed by atoms with Gasteiger partial charge in [-0.2, -0.15) is 9.40 Å². The fraction of sp³-hybridized carbons (Fsp3) is 0.389. The van der Waals surface area contributed by atoms with Gasteiger partial charge in [-0.1, -0.05) is 17.7 Å². The van der Waals surface area contributed by atoms with Crippen LogP contribution in [0.2, 0.25) is 0 Å². The molecule has 3 heterocycles. The first-order valence-corrected chi connectivity index (χ1v) is 10.4. The lowest BCUT2D eigenvalue weighted by Crippen LogP contribution is -2.37. The Hall–Kier alpha value is -2.52. The molecule has 1 aromatic carbocycles. The monoisotopic (exact) mass is 387 g/mol. The van der Waals surface area contributed by atoms with E-state index in [1.54, 1.807) is 11.6 Å². The number of sulfonamides is 1. The largest absolute Gasteiger partial charge is 0.415 e. The molecule has 1 aliphatic rings. The maximum atomic E-state index is 12.3. The Morgan fingerprint density at radius 3 is 2.56 bits per heavy atom. The molecule has 0 amide bonds. The molecular weight excluding hydrogens is 366 g/mol. The van der Waals surface area contributed by atoms with Crippen molar-refractivity contribution in [1.29, 1.82) is 0 Å². The van der Waals surface area contributed by atoms with Crippen molar-refractivity contribution in [2.45, 2.75) is 26.8 Å². The summed E-state index contributed by atoms with van der Waals surface area (Å²) in [5.41, 5.74) is 4.37. The van der Waals surface area contributed by atoms with Gasteiger partial charge in [0.1, 0.15) is 0 Å². The minimum absolute atomic E-state index is 0.0794. The second-order valence-corrected chi connectivity index (χ2v) is 8.92. The van der Waals surface area contributed by atoms with Crippen LogP contribution in [-0.4, -0.2) is 45.0 Å². The summed E-state index contributed by atoms with van der Waals surface area (Å²) in [4.78, 5) is 0. The average Bonchev–Trinajstić information content (AvgIpc) is 3.27. The SMILES string of the molecule is CCS(=O)(=O)N1CCc2c(c(-c3nnc(-c4ccc(C)cc4)o3)nn2C)C1. The minimum Gasteiger partial charge on any atom is -0.415 e. The molecule has 9 heteroatoms. The van der Waals surface area contributed by atoms with Crippen LogP contribution in [0.4, 0.5) is 0 Å². The third kappa shape index (κ3) is 3.17. The molecule has 0 bridgehead atoms. The van der Waals surface area contributed by atoms with Gasteiger partial charge in [-0.05, 0) is 26.0 Å². The molecule has 0 saturated carbocycles. The van der Waals surface area contributed by atoms with E-state index in [0.717, 1.165) is 22.4 Å². The van der Waals surface area contributed by atoms with Crippen LogP contribution in [0.15, 0.2) is 28.7 Å². The van der Waals surface area contributed by atoms with Crippen LogP contribution >= 0.6 is 0 Å². The fourth-order valence-electron chi connectivity index (χ4n) is 3.29. The van der Waals surface area contributed by atoms with Gasteiger partial charge in [0, 0.05) is 43.4 Å². The third-order valence-electron chi connectivity index (χ3n) is 4.89. The molecule has 3 aromatic rings. The van der Waals surface area contributed by atoms with Crippen LogP contribution in [0.1, 0.15) is 23.7 Å². The van der Waals surface area contributed by atoms with Gasteiger partial charge in [0.2, 0.25) is 15.9 Å². The molecule has 0 spiro atoms. The summed E-state index contributed by atoms with van der Waals surface area (Å²) in [5, 5.41) is 12.8. The summed E-state index contributed by atoms with van der Waals surface area (Å²) in [6, 6.07) is 7.82. The van der Waals surface area contributed by atoms with Gasteiger partial charge in [0.05, 0.1) is 5.75 Å². The number of hydrogen-bond acceptors (Lipinski definition) is 6. The zero-order valence-electron chi connectivity index (χ0n) is 15.5. The van der Waals surface area contributed by atoms with Gasteiger partial charge < -0.3 is 4.42 Å². The zero-order chi connectivity index (χ0) is 19.2. The standard InChI is InChI=1S/C18H21N5O3S/c1-4-27(24,25)23-10-9-15-14(11-23)16(21-22(15)3)18-20-19-17(26-18)13-7-5-12(2)6-8-13/h5-8H,4,9-11H2,1-3H3. The molecule has 27 heavy (non-hydrogen) atoms. The van der Waals surface area contributed by atoms with Gasteiger partial charge in [-0.15, -0.1) is 10.2 Å². The molecule has 8 nitrogen and oxygen atoms in total. The Balaban J connectivity index is 1.71. The smallest absolute Gasteiger partial charge is 0.268 e. The molecule has 2 aromatic heterocycles. The Morgan fingerprint density at radius 1 is 1.15 bits per heavy atom. The maximum absolute atomic E-state index is 12.3. The molecule has 142 valence electrons. The first-order valence-electron chi connectivity index (χ1n) is 8.82. The van der Waals surface area contributed by atoms with Crippen LogP contribution in [0.3, 0.4) is 0 Å². The Morgan fingerprint density at radius 2 is 1.85 bits per heavy atom. The van der Waals surface area contributed by atoms with Crippen molar-refractivity contribution in [2.24, 2.45) is 7.05 Å². The summed E-state index contributed by atoms with van der Waals surface area (Å²) >= 11 is 0. The van der Waals surface area contributed by atoms with Crippen LogP contribution in [0, 0.1) is 6.92 Å². The Labute approximate surface area is 157 Å². The highest BCUT2D eigenvalue weighted by Crippen LogP contribution is 2.31. The fourth-order valence-corrected chi connectivity index (χ4v) is 4.35. The summed E-state index contributed by atoms with van der Waals surface area (Å²) in [6.07, 6.45) is 0.608. The molecule has 0 fully saturated rings.